The van der Waals surface area contributed by atoms with E-state index < -0.39 is 0 Å². The fraction of sp³-hybridized carbons (Fsp3) is 0.786. The number of aliphatic hydroxyl groups excluding tert-OH is 1. The molecule has 1 saturated carbocycles. The van der Waals surface area contributed by atoms with Crippen molar-refractivity contribution in [3.8, 4) is 0 Å². The topological polar surface area (TPSA) is 86.2 Å². The summed E-state index contributed by atoms with van der Waals surface area (Å²) >= 11 is 0. The van der Waals surface area contributed by atoms with Crippen molar-refractivity contribution in [2.24, 2.45) is 5.92 Å². The first-order valence-electron chi connectivity index (χ1n) is 7.68. The van der Waals surface area contributed by atoms with Crippen LogP contribution in [0, 0.1) is 5.92 Å². The lowest BCUT2D eigenvalue weighted by Crippen LogP contribution is -2.35. The Morgan fingerprint density at radius 3 is 2.52 bits per heavy atom. The predicted octanol–water partition coefficient (Wildman–Crippen LogP) is 1.33. The van der Waals surface area contributed by atoms with Crippen molar-refractivity contribution in [3.05, 3.63) is 0 Å². The van der Waals surface area contributed by atoms with Gasteiger partial charge in [-0.25, -0.2) is 0 Å². The first-order chi connectivity index (χ1) is 10.1. The fourth-order valence-corrected chi connectivity index (χ4v) is 2.65. The maximum atomic E-state index is 9.51. The summed E-state index contributed by atoms with van der Waals surface area (Å²) in [5, 5.41) is 16.0. The number of nitrogens with zero attached hydrogens (tertiary/aromatic N) is 4. The van der Waals surface area contributed by atoms with Crippen molar-refractivity contribution in [2.75, 3.05) is 42.8 Å². The molecular formula is C14H26N6O. The maximum Gasteiger partial charge on any atom is 0.231 e. The van der Waals surface area contributed by atoms with Gasteiger partial charge >= 0.3 is 0 Å². The van der Waals surface area contributed by atoms with Gasteiger partial charge in [-0.05, 0) is 19.8 Å². The molecule has 0 bridgehead atoms. The molecule has 0 radical (unpaired) electrons. The summed E-state index contributed by atoms with van der Waals surface area (Å²) in [4.78, 5) is 15.1. The molecule has 0 amide bonds. The van der Waals surface area contributed by atoms with Crippen LogP contribution in [-0.4, -0.2) is 53.3 Å². The van der Waals surface area contributed by atoms with E-state index in [0.29, 0.717) is 17.8 Å². The van der Waals surface area contributed by atoms with E-state index in [2.05, 4.69) is 25.6 Å². The molecule has 0 saturated heterocycles. The van der Waals surface area contributed by atoms with E-state index in [4.69, 9.17) is 0 Å². The van der Waals surface area contributed by atoms with Crippen molar-refractivity contribution in [1.82, 2.24) is 15.0 Å². The van der Waals surface area contributed by atoms with E-state index >= 15 is 0 Å². The Balaban J connectivity index is 2.17. The minimum Gasteiger partial charge on any atom is -0.396 e. The molecule has 21 heavy (non-hydrogen) atoms. The third kappa shape index (κ3) is 4.17. The van der Waals surface area contributed by atoms with Crippen LogP contribution in [0.3, 0.4) is 0 Å². The number of rotatable bonds is 6. The highest BCUT2D eigenvalue weighted by atomic mass is 16.3. The van der Waals surface area contributed by atoms with E-state index in [-0.39, 0.29) is 18.6 Å². The normalized spacial score (nSPS) is 21.9. The van der Waals surface area contributed by atoms with Crippen LogP contribution in [0.15, 0.2) is 0 Å². The zero-order valence-electron chi connectivity index (χ0n) is 13.1. The van der Waals surface area contributed by atoms with Crippen LogP contribution in [0.25, 0.3) is 0 Å². The maximum absolute atomic E-state index is 9.51. The summed E-state index contributed by atoms with van der Waals surface area (Å²) in [5.41, 5.74) is 0. The molecule has 1 aromatic heterocycles. The van der Waals surface area contributed by atoms with Crippen LogP contribution in [0.4, 0.5) is 17.8 Å². The average Bonchev–Trinajstić information content (AvgIpc) is 2.48. The van der Waals surface area contributed by atoms with Gasteiger partial charge in [-0.3, -0.25) is 0 Å². The molecule has 1 aliphatic rings. The van der Waals surface area contributed by atoms with Crippen molar-refractivity contribution in [2.45, 2.75) is 38.6 Å². The smallest absolute Gasteiger partial charge is 0.231 e. The van der Waals surface area contributed by atoms with Gasteiger partial charge in [0.05, 0.1) is 0 Å². The highest BCUT2D eigenvalue weighted by Crippen LogP contribution is 2.26. The second-order valence-corrected chi connectivity index (χ2v) is 5.69. The van der Waals surface area contributed by atoms with Gasteiger partial charge in [-0.15, -0.1) is 0 Å². The minimum atomic E-state index is 0.212. The molecule has 2 unspecified atom stereocenters. The Kier molecular flexibility index (Phi) is 5.55. The number of aliphatic hydroxyl groups is 1. The standard InChI is InChI=1S/C14H26N6O/c1-4-15-12-17-13(19-14(18-12)20(2)3)16-11-8-6-5-7-10(11)9-21/h10-11,21H,4-9H2,1-3H3,(H2,15,16,17,18,19). The van der Waals surface area contributed by atoms with Crippen LogP contribution in [0.1, 0.15) is 32.6 Å². The fourth-order valence-electron chi connectivity index (χ4n) is 2.65. The quantitative estimate of drug-likeness (QED) is 0.729. The third-order valence-corrected chi connectivity index (χ3v) is 3.82. The van der Waals surface area contributed by atoms with Gasteiger partial charge in [0.25, 0.3) is 0 Å². The van der Waals surface area contributed by atoms with Crippen molar-refractivity contribution in [3.63, 3.8) is 0 Å². The third-order valence-electron chi connectivity index (χ3n) is 3.82. The molecule has 1 aromatic rings. The lowest BCUT2D eigenvalue weighted by molar-refractivity contribution is 0.178. The molecule has 1 aliphatic carbocycles. The molecule has 7 heteroatoms. The summed E-state index contributed by atoms with van der Waals surface area (Å²) in [5.74, 6) is 2.06. The van der Waals surface area contributed by atoms with Gasteiger partial charge in [-0.1, -0.05) is 12.8 Å². The SMILES string of the molecule is CCNc1nc(NC2CCCCC2CO)nc(N(C)C)n1. The number of anilines is 3. The predicted molar refractivity (Wildman–Crippen MR) is 84.8 cm³/mol. The Morgan fingerprint density at radius 1 is 1.14 bits per heavy atom. The van der Waals surface area contributed by atoms with E-state index in [1.807, 2.05) is 25.9 Å². The van der Waals surface area contributed by atoms with E-state index in [0.717, 1.165) is 19.4 Å². The Bertz CT molecular complexity index is 453. The molecule has 0 aliphatic heterocycles. The largest absolute Gasteiger partial charge is 0.396 e. The Morgan fingerprint density at radius 2 is 1.86 bits per heavy atom. The molecule has 0 aromatic carbocycles. The van der Waals surface area contributed by atoms with Gasteiger partial charge in [0.1, 0.15) is 0 Å². The van der Waals surface area contributed by atoms with E-state index in [1.54, 1.807) is 0 Å². The van der Waals surface area contributed by atoms with E-state index in [1.165, 1.54) is 12.8 Å². The first kappa shape index (κ1) is 15.8. The molecule has 3 N–H and O–H groups in total. The molecule has 1 fully saturated rings. The summed E-state index contributed by atoms with van der Waals surface area (Å²) in [6, 6.07) is 0.232. The molecule has 7 nitrogen and oxygen atoms in total. The monoisotopic (exact) mass is 294 g/mol. The van der Waals surface area contributed by atoms with Crippen molar-refractivity contribution < 1.29 is 5.11 Å². The number of hydrogen-bond acceptors (Lipinski definition) is 7. The van der Waals surface area contributed by atoms with Crippen LogP contribution < -0.4 is 15.5 Å². The second-order valence-electron chi connectivity index (χ2n) is 5.69. The van der Waals surface area contributed by atoms with Gasteiger partial charge in [0.15, 0.2) is 0 Å². The van der Waals surface area contributed by atoms with Gasteiger partial charge in [0, 0.05) is 39.2 Å². The van der Waals surface area contributed by atoms with Crippen molar-refractivity contribution in [1.29, 1.82) is 0 Å². The average molecular weight is 294 g/mol. The molecule has 118 valence electrons. The highest BCUT2D eigenvalue weighted by molar-refractivity contribution is 5.43. The number of aromatic nitrogens is 3. The molecule has 2 rings (SSSR count). The van der Waals surface area contributed by atoms with Gasteiger partial charge < -0.3 is 20.6 Å². The molecule has 2 atom stereocenters. The van der Waals surface area contributed by atoms with Crippen LogP contribution in [-0.2, 0) is 0 Å². The number of nitrogens with one attached hydrogen (secondary N) is 2. The van der Waals surface area contributed by atoms with Crippen LogP contribution >= 0.6 is 0 Å². The minimum absolute atomic E-state index is 0.212. The summed E-state index contributed by atoms with van der Waals surface area (Å²) in [7, 11) is 3.82. The summed E-state index contributed by atoms with van der Waals surface area (Å²) < 4.78 is 0. The highest BCUT2D eigenvalue weighted by Gasteiger charge is 2.25. The molecule has 1 heterocycles. The molecular weight excluding hydrogens is 268 g/mol. The van der Waals surface area contributed by atoms with Crippen LogP contribution in [0.2, 0.25) is 0 Å². The van der Waals surface area contributed by atoms with E-state index in [9.17, 15) is 5.11 Å². The lowest BCUT2D eigenvalue weighted by Gasteiger charge is -2.31. The lowest BCUT2D eigenvalue weighted by atomic mass is 9.85. The first-order valence-corrected chi connectivity index (χ1v) is 7.68. The summed E-state index contributed by atoms with van der Waals surface area (Å²) in [6.07, 6.45) is 4.47. The second kappa shape index (κ2) is 7.40. The van der Waals surface area contributed by atoms with Crippen LogP contribution in [0.5, 0.6) is 0 Å². The molecule has 0 spiro atoms. The summed E-state index contributed by atoms with van der Waals surface area (Å²) in [6.45, 7) is 2.98. The van der Waals surface area contributed by atoms with Gasteiger partial charge in [-0.2, -0.15) is 15.0 Å². The van der Waals surface area contributed by atoms with Crippen molar-refractivity contribution >= 4 is 17.8 Å². The van der Waals surface area contributed by atoms with Gasteiger partial charge in [0.2, 0.25) is 17.8 Å². The zero-order chi connectivity index (χ0) is 15.2. The zero-order valence-corrected chi connectivity index (χ0v) is 13.1. The Labute approximate surface area is 126 Å². The Hall–Kier alpha value is -1.63. The number of hydrogen-bond donors (Lipinski definition) is 3.